The molecule has 0 bridgehead atoms. The zero-order valence-corrected chi connectivity index (χ0v) is 10.2. The van der Waals surface area contributed by atoms with Crippen LogP contribution in [0.25, 0.3) is 0 Å². The Morgan fingerprint density at radius 2 is 1.73 bits per heavy atom. The fourth-order valence-electron chi connectivity index (χ4n) is 1.22. The van der Waals surface area contributed by atoms with E-state index in [0.29, 0.717) is 19.8 Å². The highest BCUT2D eigenvalue weighted by molar-refractivity contribution is 4.57. The monoisotopic (exact) mass is 219 g/mol. The molecule has 0 amide bonds. The molecular formula is C11H25NO3. The molecule has 92 valence electrons. The van der Waals surface area contributed by atoms with Gasteiger partial charge in [-0.25, -0.2) is 0 Å². The Morgan fingerprint density at radius 3 is 2.20 bits per heavy atom. The first-order chi connectivity index (χ1) is 7.24. The van der Waals surface area contributed by atoms with Gasteiger partial charge in [0.2, 0.25) is 0 Å². The fraction of sp³-hybridized carbons (Fsp3) is 1.00. The lowest BCUT2D eigenvalue weighted by Crippen LogP contribution is -2.30. The summed E-state index contributed by atoms with van der Waals surface area (Å²) in [5, 5.41) is 12.5. The van der Waals surface area contributed by atoms with E-state index in [1.807, 2.05) is 20.8 Å². The van der Waals surface area contributed by atoms with Crippen LogP contribution in [-0.4, -0.2) is 43.8 Å². The molecule has 0 aliphatic rings. The van der Waals surface area contributed by atoms with Crippen molar-refractivity contribution >= 4 is 0 Å². The van der Waals surface area contributed by atoms with E-state index in [4.69, 9.17) is 9.47 Å². The van der Waals surface area contributed by atoms with Gasteiger partial charge in [-0.3, -0.25) is 0 Å². The Bertz CT molecular complexity index is 127. The zero-order valence-electron chi connectivity index (χ0n) is 10.2. The standard InChI is InChI=1S/C11H25NO3/c1-4-10(13)9-12-8-7-11(14-5-2)15-6-3/h10-13H,4-9H2,1-3H3. The number of aliphatic hydroxyl groups is 1. The maximum absolute atomic E-state index is 9.30. The molecule has 0 aromatic heterocycles. The Kier molecular flexibility index (Phi) is 10.3. The van der Waals surface area contributed by atoms with Crippen LogP contribution in [-0.2, 0) is 9.47 Å². The third kappa shape index (κ3) is 8.81. The largest absolute Gasteiger partial charge is 0.392 e. The Hall–Kier alpha value is -0.160. The van der Waals surface area contributed by atoms with E-state index in [9.17, 15) is 5.11 Å². The second-order valence-electron chi connectivity index (χ2n) is 3.40. The molecule has 0 saturated heterocycles. The molecule has 0 aliphatic carbocycles. The Balaban J connectivity index is 3.43. The van der Waals surface area contributed by atoms with Crippen LogP contribution >= 0.6 is 0 Å². The van der Waals surface area contributed by atoms with Crippen LogP contribution in [0.1, 0.15) is 33.6 Å². The van der Waals surface area contributed by atoms with Gasteiger partial charge in [-0.1, -0.05) is 6.92 Å². The molecule has 0 saturated carbocycles. The number of hydrogen-bond donors (Lipinski definition) is 2. The summed E-state index contributed by atoms with van der Waals surface area (Å²) in [6.07, 6.45) is 1.24. The van der Waals surface area contributed by atoms with Crippen LogP contribution in [0.4, 0.5) is 0 Å². The Labute approximate surface area is 93.0 Å². The van der Waals surface area contributed by atoms with Crippen molar-refractivity contribution in [3.8, 4) is 0 Å². The molecule has 0 heterocycles. The van der Waals surface area contributed by atoms with Gasteiger partial charge < -0.3 is 19.9 Å². The maximum Gasteiger partial charge on any atom is 0.158 e. The average Bonchev–Trinajstić information content (AvgIpc) is 2.24. The first-order valence-corrected chi connectivity index (χ1v) is 5.86. The highest BCUT2D eigenvalue weighted by Crippen LogP contribution is 1.99. The van der Waals surface area contributed by atoms with Crippen molar-refractivity contribution in [1.29, 1.82) is 0 Å². The van der Waals surface area contributed by atoms with Gasteiger partial charge in [-0.2, -0.15) is 0 Å². The molecule has 0 aliphatic heterocycles. The van der Waals surface area contributed by atoms with Crippen molar-refractivity contribution < 1.29 is 14.6 Å². The highest BCUT2D eigenvalue weighted by Gasteiger charge is 2.07. The van der Waals surface area contributed by atoms with E-state index in [1.54, 1.807) is 0 Å². The van der Waals surface area contributed by atoms with Gasteiger partial charge >= 0.3 is 0 Å². The first-order valence-electron chi connectivity index (χ1n) is 5.86. The van der Waals surface area contributed by atoms with Gasteiger partial charge in [0.05, 0.1) is 6.10 Å². The molecule has 0 radical (unpaired) electrons. The lowest BCUT2D eigenvalue weighted by Gasteiger charge is -2.17. The number of nitrogens with one attached hydrogen (secondary N) is 1. The summed E-state index contributed by atoms with van der Waals surface area (Å²) < 4.78 is 10.8. The molecule has 0 spiro atoms. The third-order valence-corrected chi connectivity index (χ3v) is 2.11. The number of hydrogen-bond acceptors (Lipinski definition) is 4. The smallest absolute Gasteiger partial charge is 0.158 e. The quantitative estimate of drug-likeness (QED) is 0.427. The van der Waals surface area contributed by atoms with Gasteiger partial charge in [-0.05, 0) is 20.3 Å². The minimum atomic E-state index is -0.248. The second kappa shape index (κ2) is 10.4. The minimum Gasteiger partial charge on any atom is -0.392 e. The highest BCUT2D eigenvalue weighted by atomic mass is 16.7. The lowest BCUT2D eigenvalue weighted by molar-refractivity contribution is -0.138. The number of aliphatic hydroxyl groups excluding tert-OH is 1. The molecule has 4 nitrogen and oxygen atoms in total. The van der Waals surface area contributed by atoms with Gasteiger partial charge in [0.15, 0.2) is 6.29 Å². The topological polar surface area (TPSA) is 50.7 Å². The van der Waals surface area contributed by atoms with Crippen LogP contribution in [0.15, 0.2) is 0 Å². The van der Waals surface area contributed by atoms with Gasteiger partial charge in [0.25, 0.3) is 0 Å². The second-order valence-corrected chi connectivity index (χ2v) is 3.40. The predicted molar refractivity (Wildman–Crippen MR) is 60.8 cm³/mol. The van der Waals surface area contributed by atoms with E-state index in [-0.39, 0.29) is 12.4 Å². The van der Waals surface area contributed by atoms with E-state index in [2.05, 4.69) is 5.32 Å². The number of rotatable bonds is 10. The van der Waals surface area contributed by atoms with Crippen molar-refractivity contribution in [2.24, 2.45) is 0 Å². The number of ether oxygens (including phenoxy) is 2. The minimum absolute atomic E-state index is 0.119. The van der Waals surface area contributed by atoms with Crippen molar-refractivity contribution in [3.05, 3.63) is 0 Å². The van der Waals surface area contributed by atoms with Crippen LogP contribution < -0.4 is 5.32 Å². The van der Waals surface area contributed by atoms with E-state index >= 15 is 0 Å². The zero-order chi connectivity index (χ0) is 11.5. The molecule has 0 aromatic carbocycles. The van der Waals surface area contributed by atoms with E-state index in [1.165, 1.54) is 0 Å². The summed E-state index contributed by atoms with van der Waals surface area (Å²) in [6, 6.07) is 0. The Morgan fingerprint density at radius 1 is 1.13 bits per heavy atom. The summed E-state index contributed by atoms with van der Waals surface area (Å²) in [7, 11) is 0. The van der Waals surface area contributed by atoms with Crippen molar-refractivity contribution in [1.82, 2.24) is 5.32 Å². The molecule has 2 N–H and O–H groups in total. The third-order valence-electron chi connectivity index (χ3n) is 2.11. The van der Waals surface area contributed by atoms with Crippen LogP contribution in [0.2, 0.25) is 0 Å². The molecule has 1 unspecified atom stereocenters. The summed E-state index contributed by atoms with van der Waals surface area (Å²) in [6.45, 7) is 8.67. The summed E-state index contributed by atoms with van der Waals surface area (Å²) >= 11 is 0. The maximum atomic E-state index is 9.30. The van der Waals surface area contributed by atoms with E-state index < -0.39 is 0 Å². The summed E-state index contributed by atoms with van der Waals surface area (Å²) in [4.78, 5) is 0. The molecule has 0 fully saturated rings. The molecule has 4 heteroatoms. The molecule has 1 atom stereocenters. The first kappa shape index (κ1) is 14.8. The van der Waals surface area contributed by atoms with Crippen LogP contribution in [0.5, 0.6) is 0 Å². The van der Waals surface area contributed by atoms with Crippen LogP contribution in [0, 0.1) is 0 Å². The molecule has 0 aromatic rings. The van der Waals surface area contributed by atoms with Gasteiger partial charge in [0, 0.05) is 32.7 Å². The summed E-state index contributed by atoms with van der Waals surface area (Å²) in [5.74, 6) is 0. The lowest BCUT2D eigenvalue weighted by atomic mass is 10.3. The molecular weight excluding hydrogens is 194 g/mol. The van der Waals surface area contributed by atoms with Gasteiger partial charge in [0.1, 0.15) is 0 Å². The van der Waals surface area contributed by atoms with Crippen molar-refractivity contribution in [2.75, 3.05) is 26.3 Å². The van der Waals surface area contributed by atoms with E-state index in [0.717, 1.165) is 19.4 Å². The molecule has 0 rings (SSSR count). The predicted octanol–water partition coefficient (Wildman–Crippen LogP) is 1.14. The van der Waals surface area contributed by atoms with Crippen molar-refractivity contribution in [2.45, 2.75) is 46.0 Å². The molecule has 15 heavy (non-hydrogen) atoms. The SMILES string of the molecule is CCOC(CCNCC(O)CC)OCC. The summed E-state index contributed by atoms with van der Waals surface area (Å²) in [5.41, 5.74) is 0. The van der Waals surface area contributed by atoms with Crippen LogP contribution in [0.3, 0.4) is 0 Å². The fourth-order valence-corrected chi connectivity index (χ4v) is 1.22. The average molecular weight is 219 g/mol. The van der Waals surface area contributed by atoms with Gasteiger partial charge in [-0.15, -0.1) is 0 Å². The van der Waals surface area contributed by atoms with Crippen molar-refractivity contribution in [3.63, 3.8) is 0 Å². The normalized spacial score (nSPS) is 13.4.